The van der Waals surface area contributed by atoms with Crippen molar-refractivity contribution in [3.63, 3.8) is 0 Å². The minimum absolute atomic E-state index is 0.547. The first-order valence-corrected chi connectivity index (χ1v) is 8.34. The molecule has 0 N–H and O–H groups in total. The van der Waals surface area contributed by atoms with E-state index in [0.29, 0.717) is 5.41 Å². The molecule has 5 fully saturated rings. The summed E-state index contributed by atoms with van der Waals surface area (Å²) < 4.78 is 5.36. The molecule has 5 nitrogen and oxygen atoms in total. The zero-order chi connectivity index (χ0) is 13.2. The van der Waals surface area contributed by atoms with Crippen LogP contribution < -0.4 is 0 Å². The Morgan fingerprint density at radius 1 is 0.600 bits per heavy atom. The minimum atomic E-state index is 0.547. The van der Waals surface area contributed by atoms with E-state index < -0.39 is 0 Å². The van der Waals surface area contributed by atoms with E-state index in [4.69, 9.17) is 4.74 Å². The Balaban J connectivity index is 1.09. The maximum atomic E-state index is 5.36. The van der Waals surface area contributed by atoms with Crippen LogP contribution in [-0.2, 0) is 4.74 Å². The first-order chi connectivity index (χ1) is 9.76. The van der Waals surface area contributed by atoms with Crippen LogP contribution in [-0.4, -0.2) is 85.6 Å². The van der Waals surface area contributed by atoms with Crippen LogP contribution in [0.15, 0.2) is 0 Å². The SMILES string of the molecule is C1CC2(C1)CN(N1CCN(N3CC4(COC4)C3)CC1)C2. The van der Waals surface area contributed by atoms with Crippen LogP contribution >= 0.6 is 0 Å². The molecule has 0 unspecified atom stereocenters. The fourth-order valence-electron chi connectivity index (χ4n) is 4.67. The van der Waals surface area contributed by atoms with Gasteiger partial charge in [-0.25, -0.2) is 20.0 Å². The summed E-state index contributed by atoms with van der Waals surface area (Å²) in [4.78, 5) is 0. The van der Waals surface area contributed by atoms with Gasteiger partial charge in [-0.3, -0.25) is 0 Å². The van der Waals surface area contributed by atoms with Crippen LogP contribution in [0.3, 0.4) is 0 Å². The fourth-order valence-corrected chi connectivity index (χ4v) is 4.67. The van der Waals surface area contributed by atoms with Crippen molar-refractivity contribution in [2.75, 3.05) is 65.6 Å². The van der Waals surface area contributed by atoms with Gasteiger partial charge in [-0.15, -0.1) is 0 Å². The molecule has 4 saturated heterocycles. The lowest BCUT2D eigenvalue weighted by molar-refractivity contribution is -0.262. The van der Waals surface area contributed by atoms with Gasteiger partial charge in [0.1, 0.15) is 0 Å². The van der Waals surface area contributed by atoms with E-state index >= 15 is 0 Å². The van der Waals surface area contributed by atoms with Gasteiger partial charge in [0.15, 0.2) is 0 Å². The molecule has 0 aromatic rings. The summed E-state index contributed by atoms with van der Waals surface area (Å²) in [5.41, 5.74) is 1.30. The normalized spacial score (nSPS) is 37.2. The molecule has 4 aliphatic heterocycles. The van der Waals surface area contributed by atoms with Gasteiger partial charge in [-0.1, -0.05) is 6.42 Å². The third kappa shape index (κ3) is 1.74. The quantitative estimate of drug-likeness (QED) is 0.720. The predicted molar refractivity (Wildman–Crippen MR) is 75.8 cm³/mol. The van der Waals surface area contributed by atoms with Gasteiger partial charge in [-0.05, 0) is 18.3 Å². The van der Waals surface area contributed by atoms with Crippen molar-refractivity contribution >= 4 is 0 Å². The second kappa shape index (κ2) is 4.17. The monoisotopic (exact) mass is 278 g/mol. The highest BCUT2D eigenvalue weighted by atomic mass is 16.5. The highest BCUT2D eigenvalue weighted by Crippen LogP contribution is 2.48. The zero-order valence-electron chi connectivity index (χ0n) is 12.4. The Labute approximate surface area is 121 Å². The molecule has 0 atom stereocenters. The van der Waals surface area contributed by atoms with Gasteiger partial charge in [0.05, 0.1) is 13.2 Å². The summed E-state index contributed by atoms with van der Waals surface area (Å²) in [5, 5.41) is 10.4. The average molecular weight is 278 g/mol. The molecular weight excluding hydrogens is 252 g/mol. The molecule has 5 aliphatic rings. The van der Waals surface area contributed by atoms with E-state index in [-0.39, 0.29) is 0 Å². The predicted octanol–water partition coefficient (Wildman–Crippen LogP) is 0.252. The second-order valence-corrected chi connectivity index (χ2v) is 7.90. The third-order valence-electron chi connectivity index (χ3n) is 6.33. The summed E-state index contributed by atoms with van der Waals surface area (Å²) in [6.07, 6.45) is 4.45. The molecule has 5 heteroatoms. The summed E-state index contributed by atoms with van der Waals surface area (Å²) in [6, 6.07) is 0. The van der Waals surface area contributed by atoms with Gasteiger partial charge in [0.25, 0.3) is 0 Å². The molecule has 5 rings (SSSR count). The van der Waals surface area contributed by atoms with Crippen molar-refractivity contribution < 1.29 is 4.74 Å². The molecule has 0 aromatic carbocycles. The van der Waals surface area contributed by atoms with Crippen LogP contribution in [0, 0.1) is 10.8 Å². The van der Waals surface area contributed by atoms with E-state index in [9.17, 15) is 0 Å². The van der Waals surface area contributed by atoms with Gasteiger partial charge in [0.2, 0.25) is 0 Å². The van der Waals surface area contributed by atoms with Crippen molar-refractivity contribution in [1.29, 1.82) is 0 Å². The van der Waals surface area contributed by atoms with E-state index in [1.807, 2.05) is 0 Å². The number of hydrazine groups is 2. The van der Waals surface area contributed by atoms with E-state index in [0.717, 1.165) is 18.6 Å². The van der Waals surface area contributed by atoms with Crippen LogP contribution in [0.4, 0.5) is 0 Å². The maximum absolute atomic E-state index is 5.36. The van der Waals surface area contributed by atoms with Crippen molar-refractivity contribution in [2.45, 2.75) is 19.3 Å². The molecule has 0 radical (unpaired) electrons. The first-order valence-electron chi connectivity index (χ1n) is 8.34. The summed E-state index contributed by atoms with van der Waals surface area (Å²) in [7, 11) is 0. The number of nitrogens with zero attached hydrogens (tertiary/aromatic N) is 4. The van der Waals surface area contributed by atoms with Gasteiger partial charge in [-0.2, -0.15) is 0 Å². The van der Waals surface area contributed by atoms with Crippen LogP contribution in [0.1, 0.15) is 19.3 Å². The molecule has 0 bridgehead atoms. The molecule has 4 heterocycles. The summed E-state index contributed by atoms with van der Waals surface area (Å²) in [5.74, 6) is 0. The number of hydrogen-bond acceptors (Lipinski definition) is 5. The fraction of sp³-hybridized carbons (Fsp3) is 1.00. The molecule has 20 heavy (non-hydrogen) atoms. The average Bonchev–Trinajstić information content (AvgIpc) is 2.23. The van der Waals surface area contributed by atoms with Crippen molar-refractivity contribution in [3.8, 4) is 0 Å². The molecule has 0 aromatic heterocycles. The smallest absolute Gasteiger partial charge is 0.0570 e. The van der Waals surface area contributed by atoms with Crippen LogP contribution in [0.25, 0.3) is 0 Å². The lowest BCUT2D eigenvalue weighted by Gasteiger charge is -2.62. The second-order valence-electron chi connectivity index (χ2n) is 7.90. The number of piperazine rings is 1. The topological polar surface area (TPSA) is 22.2 Å². The molecule has 112 valence electrons. The standard InChI is InChI=1S/C15H26N4O/c1-2-14(3-1)8-18(9-14)16-4-6-17(7-5-16)19-10-15(11-19)12-20-13-15/h1-13H2. The lowest BCUT2D eigenvalue weighted by Crippen LogP contribution is -2.73. The first kappa shape index (κ1) is 12.4. The highest BCUT2D eigenvalue weighted by Gasteiger charge is 2.52. The number of ether oxygens (including phenoxy) is 1. The number of rotatable bonds is 2. The number of hydrogen-bond donors (Lipinski definition) is 0. The van der Waals surface area contributed by atoms with Gasteiger partial charge < -0.3 is 4.74 Å². The van der Waals surface area contributed by atoms with E-state index in [2.05, 4.69) is 20.0 Å². The molecule has 1 aliphatic carbocycles. The van der Waals surface area contributed by atoms with Gasteiger partial charge >= 0.3 is 0 Å². The summed E-state index contributed by atoms with van der Waals surface area (Å²) >= 11 is 0. The third-order valence-corrected chi connectivity index (χ3v) is 6.33. The Bertz CT molecular complexity index is 345. The Hall–Kier alpha value is -0.200. The van der Waals surface area contributed by atoms with Crippen molar-refractivity contribution in [2.24, 2.45) is 10.8 Å². The zero-order valence-corrected chi connectivity index (χ0v) is 12.4. The van der Waals surface area contributed by atoms with E-state index in [1.54, 1.807) is 0 Å². The van der Waals surface area contributed by atoms with Crippen molar-refractivity contribution in [1.82, 2.24) is 20.0 Å². The Kier molecular flexibility index (Phi) is 2.58. The lowest BCUT2D eigenvalue weighted by atomic mass is 9.64. The van der Waals surface area contributed by atoms with Crippen LogP contribution in [0.5, 0.6) is 0 Å². The molecule has 0 amide bonds. The van der Waals surface area contributed by atoms with Gasteiger partial charge in [0, 0.05) is 57.8 Å². The highest BCUT2D eigenvalue weighted by molar-refractivity contribution is 5.01. The van der Waals surface area contributed by atoms with E-state index in [1.165, 1.54) is 71.6 Å². The Morgan fingerprint density at radius 3 is 1.45 bits per heavy atom. The largest absolute Gasteiger partial charge is 0.380 e. The Morgan fingerprint density at radius 2 is 1.10 bits per heavy atom. The summed E-state index contributed by atoms with van der Waals surface area (Å²) in [6.45, 7) is 12.0. The maximum Gasteiger partial charge on any atom is 0.0570 e. The van der Waals surface area contributed by atoms with Crippen LogP contribution in [0.2, 0.25) is 0 Å². The molecule has 1 saturated carbocycles. The minimum Gasteiger partial charge on any atom is -0.380 e. The van der Waals surface area contributed by atoms with Crippen molar-refractivity contribution in [3.05, 3.63) is 0 Å². The molecular formula is C15H26N4O. The molecule has 2 spiro atoms.